The summed E-state index contributed by atoms with van der Waals surface area (Å²) in [6.07, 6.45) is 28.4. The van der Waals surface area contributed by atoms with E-state index in [2.05, 4.69) is 195 Å². The summed E-state index contributed by atoms with van der Waals surface area (Å²) in [6.45, 7) is 45.5. The van der Waals surface area contributed by atoms with Gasteiger partial charge in [0.25, 0.3) is 6.71 Å². The van der Waals surface area contributed by atoms with Gasteiger partial charge in [0, 0.05) is 34.7 Å². The van der Waals surface area contributed by atoms with E-state index in [-0.39, 0.29) is 39.2 Å². The van der Waals surface area contributed by atoms with Crippen molar-refractivity contribution in [1.82, 2.24) is 0 Å². The molecule has 5 atom stereocenters. The maximum atomic E-state index is 7.82. The van der Waals surface area contributed by atoms with Gasteiger partial charge in [-0.2, -0.15) is 0 Å². The fourth-order valence-electron chi connectivity index (χ4n) is 17.3. The van der Waals surface area contributed by atoms with Crippen LogP contribution in [0.2, 0.25) is 0 Å². The molecule has 0 radical (unpaired) electrons. The average molecular weight is 991 g/mol. The fourth-order valence-corrected chi connectivity index (χ4v) is 17.3. The topological polar surface area (TPSA) is 19.6 Å². The number of hydrogen-bond acceptors (Lipinski definition) is 3. The van der Waals surface area contributed by atoms with Crippen molar-refractivity contribution < 1.29 is 4.42 Å². The standard InChI is InChI=1S/C70H95BN2O/c1-63(2,3)43-24-27-55-54(34-43)71-60-47-39-51-53(70(17,18)33-31-68(51,13)14)41-59(47)74-62(60)72(45-25-26-48-49(37-45)66(9,10)29-28-65(48,7)8)57-35-44(64(4,5)6)36-58(61(57)71)73(55)56-40-52-50(67(11,12)30-32-69(52,15)16)38-46(56)42-22-20-19-21-23-42/h19-20,22,25-26,34-37,41,46,50-52,56H,21,23-24,27-33,38-40H2,1-18H3/t46?,50-,51?,52?,56?/m1/s1. The van der Waals surface area contributed by atoms with Gasteiger partial charge in [-0.3, -0.25) is 4.90 Å². The highest BCUT2D eigenvalue weighted by Crippen LogP contribution is 2.63. The molecule has 7 aliphatic carbocycles. The molecule has 3 fully saturated rings. The van der Waals surface area contributed by atoms with Crippen LogP contribution in [0.15, 0.2) is 86.9 Å². The molecular formula is C70H95BN2O. The number of furan rings is 1. The minimum absolute atomic E-state index is 0.0680. The summed E-state index contributed by atoms with van der Waals surface area (Å²) in [5.41, 5.74) is 22.2. The van der Waals surface area contributed by atoms with Crippen LogP contribution in [0, 0.1) is 50.7 Å². The van der Waals surface area contributed by atoms with Crippen LogP contribution < -0.4 is 20.7 Å². The molecule has 0 bridgehead atoms. The molecule has 1 aromatic heterocycles. The van der Waals surface area contributed by atoms with Crippen LogP contribution in [0.25, 0.3) is 6.08 Å². The third kappa shape index (κ3) is 7.73. The number of benzene rings is 2. The number of allylic oxidation sites excluding steroid dienone is 8. The van der Waals surface area contributed by atoms with Gasteiger partial charge in [-0.1, -0.05) is 172 Å². The average Bonchev–Trinajstić information content (AvgIpc) is 3.76. The van der Waals surface area contributed by atoms with E-state index in [1.165, 1.54) is 108 Å². The fraction of sp³-hybridized carbons (Fsp3) is 0.629. The number of nitrogens with zero attached hydrogens (tertiary/aromatic N) is 2. The Kier molecular flexibility index (Phi) is 11.2. The lowest BCUT2D eigenvalue weighted by atomic mass is 9.31. The number of hydrogen-bond donors (Lipinski definition) is 0. The normalized spacial score (nSPS) is 29.6. The highest BCUT2D eigenvalue weighted by Gasteiger charge is 2.57. The Morgan fingerprint density at radius 3 is 1.95 bits per heavy atom. The first-order valence-corrected chi connectivity index (χ1v) is 30.0. The van der Waals surface area contributed by atoms with E-state index >= 15 is 0 Å². The largest absolute Gasteiger partial charge is 0.441 e. The quantitative estimate of drug-likeness (QED) is 0.244. The molecule has 2 aromatic carbocycles. The summed E-state index contributed by atoms with van der Waals surface area (Å²) in [5, 5.41) is 0. The maximum absolute atomic E-state index is 7.82. The summed E-state index contributed by atoms with van der Waals surface area (Å²) in [6, 6.07) is 13.4. The molecule has 4 unspecified atom stereocenters. The van der Waals surface area contributed by atoms with Gasteiger partial charge in [-0.25, -0.2) is 0 Å². The lowest BCUT2D eigenvalue weighted by Crippen LogP contribution is -2.61. The molecule has 3 nitrogen and oxygen atoms in total. The first kappa shape index (κ1) is 50.9. The van der Waals surface area contributed by atoms with E-state index in [1.54, 1.807) is 27.9 Å². The predicted octanol–water partition coefficient (Wildman–Crippen LogP) is 18.2. The molecule has 3 saturated carbocycles. The van der Waals surface area contributed by atoms with Crippen molar-refractivity contribution >= 4 is 46.7 Å². The van der Waals surface area contributed by atoms with Gasteiger partial charge >= 0.3 is 0 Å². The molecule has 0 spiro atoms. The highest BCUT2D eigenvalue weighted by atomic mass is 16.4. The van der Waals surface area contributed by atoms with Crippen LogP contribution >= 0.6 is 0 Å². The van der Waals surface area contributed by atoms with Crippen molar-refractivity contribution in [3.8, 4) is 0 Å². The predicted molar refractivity (Wildman–Crippen MR) is 317 cm³/mol. The van der Waals surface area contributed by atoms with Crippen LogP contribution in [-0.2, 0) is 22.7 Å². The molecule has 3 aromatic rings. The Balaban J connectivity index is 1.18. The Morgan fingerprint density at radius 1 is 0.635 bits per heavy atom. The molecule has 0 N–H and O–H groups in total. The summed E-state index contributed by atoms with van der Waals surface area (Å²) < 4.78 is 7.82. The zero-order valence-corrected chi connectivity index (χ0v) is 49.7. The van der Waals surface area contributed by atoms with Crippen molar-refractivity contribution in [2.75, 3.05) is 9.80 Å². The number of anilines is 4. The smallest absolute Gasteiger partial charge is 0.256 e. The molecule has 394 valence electrons. The van der Waals surface area contributed by atoms with E-state index in [9.17, 15) is 0 Å². The number of rotatable bonds is 3. The SMILES string of the molecule is CC(C)(C)C1=CC2=C(CC1)N(C1CC3[C@@H](CC1C1=CC=CCC1)C(C)(C)CCC3(C)C)c1cc(C(C)(C)C)cc3c1B2c1c(oc2c1CC1C(=C2)C(C)(C)CCC1(C)C)N3c1ccc2c(c1)C(C)(C)CCC2(C)C. The lowest BCUT2D eigenvalue weighted by Gasteiger charge is -2.60. The van der Waals surface area contributed by atoms with Crippen molar-refractivity contribution in [2.45, 2.75) is 230 Å². The maximum Gasteiger partial charge on any atom is 0.256 e. The first-order chi connectivity index (χ1) is 34.4. The lowest BCUT2D eigenvalue weighted by molar-refractivity contribution is -0.0606. The summed E-state index contributed by atoms with van der Waals surface area (Å²) in [5.74, 6) is 4.53. The van der Waals surface area contributed by atoms with Crippen molar-refractivity contribution in [2.24, 2.45) is 50.7 Å². The van der Waals surface area contributed by atoms with Crippen LogP contribution in [0.3, 0.4) is 0 Å². The van der Waals surface area contributed by atoms with E-state index < -0.39 is 0 Å². The molecule has 74 heavy (non-hydrogen) atoms. The van der Waals surface area contributed by atoms with Crippen LogP contribution in [0.1, 0.15) is 230 Å². The van der Waals surface area contributed by atoms with Gasteiger partial charge in [-0.05, 0) is 214 Å². The highest BCUT2D eigenvalue weighted by molar-refractivity contribution is 6.96. The summed E-state index contributed by atoms with van der Waals surface area (Å²) in [7, 11) is 0. The zero-order valence-electron chi connectivity index (χ0n) is 49.7. The molecule has 0 saturated heterocycles. The summed E-state index contributed by atoms with van der Waals surface area (Å²) in [4.78, 5) is 5.79. The second-order valence-corrected chi connectivity index (χ2v) is 32.1. The third-order valence-corrected chi connectivity index (χ3v) is 22.7. The van der Waals surface area contributed by atoms with Crippen molar-refractivity contribution in [1.29, 1.82) is 0 Å². The van der Waals surface area contributed by atoms with Gasteiger partial charge in [-0.15, -0.1) is 0 Å². The van der Waals surface area contributed by atoms with Gasteiger partial charge in [0.1, 0.15) is 5.76 Å². The van der Waals surface area contributed by atoms with Crippen LogP contribution in [0.4, 0.5) is 22.9 Å². The molecule has 4 heteroatoms. The van der Waals surface area contributed by atoms with E-state index in [0.717, 1.165) is 37.3 Å². The second kappa shape index (κ2) is 16.3. The van der Waals surface area contributed by atoms with Gasteiger partial charge < -0.3 is 9.32 Å². The van der Waals surface area contributed by atoms with E-state index in [0.29, 0.717) is 40.5 Å². The second-order valence-electron chi connectivity index (χ2n) is 32.1. The molecule has 12 rings (SSSR count). The number of fused-ring (bicyclic) bond motifs is 8. The van der Waals surface area contributed by atoms with E-state index in [4.69, 9.17) is 4.42 Å². The van der Waals surface area contributed by atoms with Gasteiger partial charge in [0.15, 0.2) is 0 Å². The Morgan fingerprint density at radius 2 is 1.28 bits per heavy atom. The van der Waals surface area contributed by atoms with Crippen LogP contribution in [-0.4, -0.2) is 12.8 Å². The van der Waals surface area contributed by atoms with Crippen molar-refractivity contribution in [3.05, 3.63) is 111 Å². The Labute approximate surface area is 450 Å². The molecule has 0 amide bonds. The summed E-state index contributed by atoms with van der Waals surface area (Å²) >= 11 is 0. The molecule has 9 aliphatic rings. The van der Waals surface area contributed by atoms with Gasteiger partial charge in [0.2, 0.25) is 5.88 Å². The molecule has 3 heterocycles. The minimum atomic E-state index is -0.0795. The Bertz CT molecular complexity index is 3010. The third-order valence-electron chi connectivity index (χ3n) is 22.7. The zero-order chi connectivity index (χ0) is 52.8. The molecular weight excluding hydrogens is 896 g/mol. The van der Waals surface area contributed by atoms with Gasteiger partial charge in [0.05, 0.1) is 0 Å². The monoisotopic (exact) mass is 991 g/mol. The van der Waals surface area contributed by atoms with Crippen LogP contribution in [0.5, 0.6) is 0 Å². The Hall–Kier alpha value is -3.92. The van der Waals surface area contributed by atoms with Crippen molar-refractivity contribution in [3.63, 3.8) is 0 Å². The first-order valence-electron chi connectivity index (χ1n) is 30.0. The minimum Gasteiger partial charge on any atom is -0.441 e. The van der Waals surface area contributed by atoms with E-state index in [1.807, 2.05) is 0 Å². The molecule has 2 aliphatic heterocycles.